The van der Waals surface area contributed by atoms with Crippen LogP contribution in [0.25, 0.3) is 0 Å². The Kier molecular flexibility index (Phi) is 4.54. The van der Waals surface area contributed by atoms with Crippen molar-refractivity contribution < 1.29 is 4.79 Å². The van der Waals surface area contributed by atoms with Crippen LogP contribution in [-0.2, 0) is 4.79 Å². The molecule has 0 spiro atoms. The smallest absolute Gasteiger partial charge is 0.225 e. The molecule has 2 rings (SSSR count). The molecule has 0 aromatic carbocycles. The number of likely N-dealkylation sites (tertiary alicyclic amines) is 1. The molecule has 1 aliphatic carbocycles. The normalized spacial score (nSPS) is 35.8. The van der Waals surface area contributed by atoms with Crippen LogP contribution in [0, 0.1) is 17.3 Å². The lowest BCUT2D eigenvalue weighted by molar-refractivity contribution is -0.137. The zero-order chi connectivity index (χ0) is 14.0. The number of rotatable bonds is 1. The molecule has 3 nitrogen and oxygen atoms in total. The van der Waals surface area contributed by atoms with Crippen LogP contribution in [0.15, 0.2) is 0 Å². The maximum atomic E-state index is 12.7. The van der Waals surface area contributed by atoms with E-state index in [4.69, 9.17) is 5.73 Å². The molecule has 2 fully saturated rings. The number of nitrogens with two attached hydrogens (primary N) is 1. The highest BCUT2D eigenvalue weighted by molar-refractivity contribution is 5.79. The van der Waals surface area contributed by atoms with Gasteiger partial charge in [-0.15, -0.1) is 0 Å². The molecule has 1 amide bonds. The molecule has 3 unspecified atom stereocenters. The van der Waals surface area contributed by atoms with Crippen molar-refractivity contribution in [2.45, 2.75) is 65.3 Å². The number of carbonyl (C=O) groups excluding carboxylic acids is 1. The molecule has 3 atom stereocenters. The van der Waals surface area contributed by atoms with E-state index >= 15 is 0 Å². The fraction of sp³-hybridized carbons (Fsp3) is 0.938. The minimum absolute atomic E-state index is 0.232. The molecular weight excluding hydrogens is 236 g/mol. The van der Waals surface area contributed by atoms with Crippen LogP contribution in [-0.4, -0.2) is 29.9 Å². The SMILES string of the molecule is CC1CC(C(=O)N2CCCC(C)(C)CC2)CCC1N. The van der Waals surface area contributed by atoms with Gasteiger partial charge in [0.1, 0.15) is 0 Å². The van der Waals surface area contributed by atoms with Gasteiger partial charge in [0, 0.05) is 25.0 Å². The number of nitrogens with zero attached hydrogens (tertiary/aromatic N) is 1. The molecule has 110 valence electrons. The van der Waals surface area contributed by atoms with Crippen LogP contribution < -0.4 is 5.73 Å². The molecule has 1 heterocycles. The standard InChI is InChI=1S/C16H30N2O/c1-12-11-13(5-6-14(12)17)15(19)18-9-4-7-16(2,3)8-10-18/h12-14H,4-11,17H2,1-3H3. The van der Waals surface area contributed by atoms with Gasteiger partial charge in [-0.25, -0.2) is 0 Å². The zero-order valence-corrected chi connectivity index (χ0v) is 12.8. The molecule has 3 heteroatoms. The molecule has 0 aromatic rings. The van der Waals surface area contributed by atoms with Gasteiger partial charge in [-0.1, -0.05) is 20.8 Å². The minimum Gasteiger partial charge on any atom is -0.342 e. The second kappa shape index (κ2) is 5.82. The maximum Gasteiger partial charge on any atom is 0.225 e. The number of hydrogen-bond acceptors (Lipinski definition) is 2. The fourth-order valence-corrected chi connectivity index (χ4v) is 3.55. The highest BCUT2D eigenvalue weighted by Crippen LogP contribution is 2.33. The highest BCUT2D eigenvalue weighted by Gasteiger charge is 2.33. The summed E-state index contributed by atoms with van der Waals surface area (Å²) >= 11 is 0. The minimum atomic E-state index is 0.232. The van der Waals surface area contributed by atoms with Gasteiger partial charge in [-0.3, -0.25) is 4.79 Å². The van der Waals surface area contributed by atoms with Crippen LogP contribution in [0.2, 0.25) is 0 Å². The van der Waals surface area contributed by atoms with Crippen LogP contribution in [0.4, 0.5) is 0 Å². The first-order valence-electron chi connectivity index (χ1n) is 7.93. The first-order chi connectivity index (χ1) is 8.89. The predicted octanol–water partition coefficient (Wildman–Crippen LogP) is 2.79. The van der Waals surface area contributed by atoms with E-state index in [1.54, 1.807) is 0 Å². The number of carbonyl (C=O) groups is 1. The quantitative estimate of drug-likeness (QED) is 0.793. The van der Waals surface area contributed by atoms with E-state index < -0.39 is 0 Å². The number of hydrogen-bond donors (Lipinski definition) is 1. The molecule has 1 saturated carbocycles. The van der Waals surface area contributed by atoms with Gasteiger partial charge in [-0.2, -0.15) is 0 Å². The lowest BCUT2D eigenvalue weighted by atomic mass is 9.78. The summed E-state index contributed by atoms with van der Waals surface area (Å²) < 4.78 is 0. The van der Waals surface area contributed by atoms with Crippen molar-refractivity contribution in [1.29, 1.82) is 0 Å². The van der Waals surface area contributed by atoms with Crippen LogP contribution in [0.1, 0.15) is 59.3 Å². The first kappa shape index (κ1) is 14.8. The lowest BCUT2D eigenvalue weighted by Gasteiger charge is -2.34. The van der Waals surface area contributed by atoms with Crippen LogP contribution in [0.3, 0.4) is 0 Å². The monoisotopic (exact) mass is 266 g/mol. The second-order valence-corrected chi connectivity index (χ2v) is 7.49. The Morgan fingerprint density at radius 2 is 1.95 bits per heavy atom. The third-order valence-corrected chi connectivity index (χ3v) is 5.24. The van der Waals surface area contributed by atoms with E-state index in [1.165, 1.54) is 6.42 Å². The Morgan fingerprint density at radius 3 is 2.63 bits per heavy atom. The average Bonchev–Trinajstić information content (AvgIpc) is 2.53. The van der Waals surface area contributed by atoms with Crippen LogP contribution in [0.5, 0.6) is 0 Å². The fourth-order valence-electron chi connectivity index (χ4n) is 3.55. The zero-order valence-electron chi connectivity index (χ0n) is 12.8. The summed E-state index contributed by atoms with van der Waals surface area (Å²) in [6, 6.07) is 0.298. The van der Waals surface area contributed by atoms with E-state index in [9.17, 15) is 4.79 Å². The second-order valence-electron chi connectivity index (χ2n) is 7.49. The van der Waals surface area contributed by atoms with E-state index in [1.807, 2.05) is 0 Å². The van der Waals surface area contributed by atoms with Crippen molar-refractivity contribution in [3.8, 4) is 0 Å². The molecule has 1 aliphatic heterocycles. The van der Waals surface area contributed by atoms with E-state index in [0.29, 0.717) is 23.3 Å². The highest BCUT2D eigenvalue weighted by atomic mass is 16.2. The topological polar surface area (TPSA) is 46.3 Å². The van der Waals surface area contributed by atoms with Gasteiger partial charge in [0.2, 0.25) is 5.91 Å². The summed E-state index contributed by atoms with van der Waals surface area (Å²) in [4.78, 5) is 14.8. The van der Waals surface area contributed by atoms with Crippen molar-refractivity contribution >= 4 is 5.91 Å². The molecular formula is C16H30N2O. The summed E-state index contributed by atoms with van der Waals surface area (Å²) in [5, 5.41) is 0. The average molecular weight is 266 g/mol. The Morgan fingerprint density at radius 1 is 1.21 bits per heavy atom. The Balaban J connectivity index is 1.92. The summed E-state index contributed by atoms with van der Waals surface area (Å²) in [6.45, 7) is 8.74. The van der Waals surface area contributed by atoms with Gasteiger partial charge >= 0.3 is 0 Å². The van der Waals surface area contributed by atoms with Gasteiger partial charge in [0.25, 0.3) is 0 Å². The van der Waals surface area contributed by atoms with Crippen molar-refractivity contribution in [3.05, 3.63) is 0 Å². The van der Waals surface area contributed by atoms with Crippen molar-refractivity contribution in [2.75, 3.05) is 13.1 Å². The molecule has 0 aromatic heterocycles. The summed E-state index contributed by atoms with van der Waals surface area (Å²) in [5.41, 5.74) is 6.45. The third-order valence-electron chi connectivity index (χ3n) is 5.24. The molecule has 1 saturated heterocycles. The van der Waals surface area contributed by atoms with Gasteiger partial charge in [0.15, 0.2) is 0 Å². The Hall–Kier alpha value is -0.570. The Bertz CT molecular complexity index is 327. The van der Waals surface area contributed by atoms with Crippen molar-refractivity contribution in [2.24, 2.45) is 23.0 Å². The molecule has 0 bridgehead atoms. The number of amides is 1. The van der Waals surface area contributed by atoms with Crippen LogP contribution >= 0.6 is 0 Å². The van der Waals surface area contributed by atoms with Gasteiger partial charge < -0.3 is 10.6 Å². The lowest BCUT2D eigenvalue weighted by Crippen LogP contribution is -2.43. The molecule has 19 heavy (non-hydrogen) atoms. The summed E-state index contributed by atoms with van der Waals surface area (Å²) in [5.74, 6) is 1.12. The molecule has 0 radical (unpaired) electrons. The van der Waals surface area contributed by atoms with Gasteiger partial charge in [-0.05, 0) is 49.9 Å². The van der Waals surface area contributed by atoms with Gasteiger partial charge in [0.05, 0.1) is 0 Å². The maximum absolute atomic E-state index is 12.7. The summed E-state index contributed by atoms with van der Waals surface area (Å²) in [6.07, 6.45) is 6.52. The molecule has 2 N–H and O–H groups in total. The summed E-state index contributed by atoms with van der Waals surface area (Å²) in [7, 11) is 0. The van der Waals surface area contributed by atoms with Crippen molar-refractivity contribution in [1.82, 2.24) is 4.90 Å². The predicted molar refractivity (Wildman–Crippen MR) is 78.7 cm³/mol. The van der Waals surface area contributed by atoms with E-state index in [0.717, 1.165) is 45.2 Å². The Labute approximate surface area is 117 Å². The van der Waals surface area contributed by atoms with Crippen molar-refractivity contribution in [3.63, 3.8) is 0 Å². The third kappa shape index (κ3) is 3.71. The van der Waals surface area contributed by atoms with E-state index in [2.05, 4.69) is 25.7 Å². The van der Waals surface area contributed by atoms with E-state index in [-0.39, 0.29) is 5.92 Å². The first-order valence-corrected chi connectivity index (χ1v) is 7.93. The largest absolute Gasteiger partial charge is 0.342 e. The molecule has 2 aliphatic rings.